The molecule has 3 aromatic heterocycles. The number of carbonyl (C=O) groups is 1. The summed E-state index contributed by atoms with van der Waals surface area (Å²) >= 11 is 1.69. The molecule has 4 heterocycles. The van der Waals surface area contributed by atoms with Gasteiger partial charge in [-0.3, -0.25) is 9.59 Å². The minimum Gasteiger partial charge on any atom is -0.341 e. The van der Waals surface area contributed by atoms with E-state index in [4.69, 9.17) is 0 Å². The topological polar surface area (TPSA) is 60.1 Å². The standard InChI is InChI=1S/C20H26N4O2S/c1-5-23-16-7-14(4)27-19(16)15-8-21-24(20(26)18(15)23)11-17(25)22-9-12(2)6-13(3)10-22/h7-8,12-13H,5-6,9-11H2,1-4H3. The van der Waals surface area contributed by atoms with Crippen molar-refractivity contribution >= 4 is 38.4 Å². The molecule has 3 aromatic rings. The van der Waals surface area contributed by atoms with Crippen LogP contribution in [-0.4, -0.2) is 38.2 Å². The molecular formula is C20H26N4O2S. The Kier molecular flexibility index (Phi) is 4.58. The van der Waals surface area contributed by atoms with E-state index in [1.165, 1.54) is 9.56 Å². The summed E-state index contributed by atoms with van der Waals surface area (Å²) in [5, 5.41) is 5.22. The third-order valence-electron chi connectivity index (χ3n) is 5.48. The van der Waals surface area contributed by atoms with Gasteiger partial charge in [0.1, 0.15) is 12.1 Å². The average Bonchev–Trinajstić information content (AvgIpc) is 3.11. The molecule has 2 unspecified atom stereocenters. The van der Waals surface area contributed by atoms with Gasteiger partial charge >= 0.3 is 0 Å². The minimum absolute atomic E-state index is 0.00971. The summed E-state index contributed by atoms with van der Waals surface area (Å²) in [7, 11) is 0. The lowest BCUT2D eigenvalue weighted by Crippen LogP contribution is -2.45. The molecule has 1 aliphatic rings. The van der Waals surface area contributed by atoms with E-state index >= 15 is 0 Å². The highest BCUT2D eigenvalue weighted by Crippen LogP contribution is 2.33. The van der Waals surface area contributed by atoms with Gasteiger partial charge in [-0.2, -0.15) is 5.10 Å². The molecule has 0 radical (unpaired) electrons. The third kappa shape index (κ3) is 3.08. The van der Waals surface area contributed by atoms with Crippen LogP contribution in [0.1, 0.15) is 32.1 Å². The van der Waals surface area contributed by atoms with Crippen molar-refractivity contribution in [2.45, 2.75) is 47.2 Å². The first-order valence-electron chi connectivity index (χ1n) is 9.65. The van der Waals surface area contributed by atoms with Gasteiger partial charge in [-0.15, -0.1) is 11.3 Å². The second kappa shape index (κ2) is 6.78. The van der Waals surface area contributed by atoms with Crippen LogP contribution in [0.2, 0.25) is 0 Å². The zero-order valence-electron chi connectivity index (χ0n) is 16.4. The van der Waals surface area contributed by atoms with Gasteiger partial charge in [0.25, 0.3) is 5.56 Å². The number of hydrogen-bond acceptors (Lipinski definition) is 4. The molecule has 0 bridgehead atoms. The number of aryl methyl sites for hydroxylation is 2. The average molecular weight is 387 g/mol. The second-order valence-corrected chi connectivity index (χ2v) is 9.19. The molecule has 2 atom stereocenters. The lowest BCUT2D eigenvalue weighted by molar-refractivity contribution is -0.134. The van der Waals surface area contributed by atoms with Crippen molar-refractivity contribution in [1.29, 1.82) is 0 Å². The number of hydrogen-bond donors (Lipinski definition) is 0. The maximum Gasteiger partial charge on any atom is 0.291 e. The number of piperidine rings is 1. The Morgan fingerprint density at radius 1 is 1.30 bits per heavy atom. The number of fused-ring (bicyclic) bond motifs is 3. The Morgan fingerprint density at radius 3 is 2.67 bits per heavy atom. The fraction of sp³-hybridized carbons (Fsp3) is 0.550. The maximum atomic E-state index is 13.1. The van der Waals surface area contributed by atoms with Crippen LogP contribution in [0.15, 0.2) is 17.1 Å². The summed E-state index contributed by atoms with van der Waals surface area (Å²) in [4.78, 5) is 29.0. The molecule has 0 spiro atoms. The molecule has 1 amide bonds. The zero-order chi connectivity index (χ0) is 19.3. The van der Waals surface area contributed by atoms with Crippen molar-refractivity contribution < 1.29 is 4.79 Å². The van der Waals surface area contributed by atoms with Crippen molar-refractivity contribution in [2.75, 3.05) is 13.1 Å². The number of carbonyl (C=O) groups excluding carboxylic acids is 1. The first-order valence-corrected chi connectivity index (χ1v) is 10.5. The smallest absolute Gasteiger partial charge is 0.291 e. The molecule has 0 aliphatic carbocycles. The summed E-state index contributed by atoms with van der Waals surface area (Å²) in [5.41, 5.74) is 1.56. The van der Waals surface area contributed by atoms with Gasteiger partial charge in [0, 0.05) is 29.9 Å². The number of aromatic nitrogens is 3. The lowest BCUT2D eigenvalue weighted by Gasteiger charge is -2.35. The molecule has 144 valence electrons. The third-order valence-corrected chi connectivity index (χ3v) is 6.56. The van der Waals surface area contributed by atoms with Crippen molar-refractivity contribution in [2.24, 2.45) is 11.8 Å². The van der Waals surface area contributed by atoms with Crippen LogP contribution >= 0.6 is 11.3 Å². The molecule has 7 heteroatoms. The maximum absolute atomic E-state index is 13.1. The normalized spacial score (nSPS) is 20.7. The van der Waals surface area contributed by atoms with Crippen LogP contribution in [0.25, 0.3) is 21.1 Å². The van der Waals surface area contributed by atoms with E-state index in [-0.39, 0.29) is 18.0 Å². The molecular weight excluding hydrogens is 360 g/mol. The van der Waals surface area contributed by atoms with Crippen LogP contribution in [0.4, 0.5) is 0 Å². The van der Waals surface area contributed by atoms with Crippen LogP contribution in [0.5, 0.6) is 0 Å². The van der Waals surface area contributed by atoms with Gasteiger partial charge in [-0.1, -0.05) is 13.8 Å². The minimum atomic E-state index is -0.179. The van der Waals surface area contributed by atoms with E-state index in [1.54, 1.807) is 17.5 Å². The van der Waals surface area contributed by atoms with E-state index in [0.717, 1.165) is 35.1 Å². The van der Waals surface area contributed by atoms with Crippen LogP contribution in [-0.2, 0) is 17.9 Å². The number of likely N-dealkylation sites (tertiary alicyclic amines) is 1. The molecule has 0 N–H and O–H groups in total. The van der Waals surface area contributed by atoms with Crippen molar-refractivity contribution in [3.8, 4) is 0 Å². The Bertz CT molecular complexity index is 1070. The monoisotopic (exact) mass is 386 g/mol. The van der Waals surface area contributed by atoms with E-state index in [1.807, 2.05) is 16.4 Å². The lowest BCUT2D eigenvalue weighted by atomic mass is 9.92. The van der Waals surface area contributed by atoms with Crippen molar-refractivity contribution in [1.82, 2.24) is 19.2 Å². The van der Waals surface area contributed by atoms with E-state index in [2.05, 4.69) is 31.9 Å². The first kappa shape index (κ1) is 18.2. The van der Waals surface area contributed by atoms with Gasteiger partial charge in [-0.05, 0) is 38.2 Å². The fourth-order valence-electron chi connectivity index (χ4n) is 4.46. The van der Waals surface area contributed by atoms with Gasteiger partial charge in [0.05, 0.1) is 16.4 Å². The highest BCUT2D eigenvalue weighted by atomic mass is 32.1. The highest BCUT2D eigenvalue weighted by Gasteiger charge is 2.26. The number of amides is 1. The van der Waals surface area contributed by atoms with Crippen LogP contribution in [0.3, 0.4) is 0 Å². The molecule has 0 aromatic carbocycles. The number of rotatable bonds is 3. The predicted molar refractivity (Wildman–Crippen MR) is 109 cm³/mol. The van der Waals surface area contributed by atoms with Crippen molar-refractivity contribution in [3.05, 3.63) is 27.5 Å². The summed E-state index contributed by atoms with van der Waals surface area (Å²) in [6, 6.07) is 2.12. The highest BCUT2D eigenvalue weighted by molar-refractivity contribution is 7.20. The predicted octanol–water partition coefficient (Wildman–Crippen LogP) is 3.25. The van der Waals surface area contributed by atoms with E-state index < -0.39 is 0 Å². The largest absolute Gasteiger partial charge is 0.341 e. The first-order chi connectivity index (χ1) is 12.9. The van der Waals surface area contributed by atoms with Gasteiger partial charge in [0.2, 0.25) is 5.91 Å². The Hall–Kier alpha value is -2.15. The molecule has 27 heavy (non-hydrogen) atoms. The zero-order valence-corrected chi connectivity index (χ0v) is 17.2. The summed E-state index contributed by atoms with van der Waals surface area (Å²) in [6.45, 7) is 10.7. The molecule has 6 nitrogen and oxygen atoms in total. The quantitative estimate of drug-likeness (QED) is 0.694. The van der Waals surface area contributed by atoms with Crippen LogP contribution in [0, 0.1) is 18.8 Å². The summed E-state index contributed by atoms with van der Waals surface area (Å²) in [6.07, 6.45) is 2.89. The van der Waals surface area contributed by atoms with E-state index in [9.17, 15) is 9.59 Å². The Balaban J connectivity index is 1.72. The summed E-state index contributed by atoms with van der Waals surface area (Å²) in [5.74, 6) is 0.976. The van der Waals surface area contributed by atoms with Crippen molar-refractivity contribution in [3.63, 3.8) is 0 Å². The van der Waals surface area contributed by atoms with E-state index in [0.29, 0.717) is 23.9 Å². The van der Waals surface area contributed by atoms with Gasteiger partial charge in [0.15, 0.2) is 0 Å². The summed E-state index contributed by atoms with van der Waals surface area (Å²) < 4.78 is 4.48. The van der Waals surface area contributed by atoms with Crippen LogP contribution < -0.4 is 5.56 Å². The van der Waals surface area contributed by atoms with Gasteiger partial charge in [-0.25, -0.2) is 4.68 Å². The number of thiophene rings is 1. The molecule has 1 aliphatic heterocycles. The fourth-order valence-corrected chi connectivity index (χ4v) is 5.48. The van der Waals surface area contributed by atoms with Gasteiger partial charge < -0.3 is 9.47 Å². The molecule has 1 saturated heterocycles. The molecule has 4 rings (SSSR count). The number of nitrogens with zero attached hydrogens (tertiary/aromatic N) is 4. The second-order valence-electron chi connectivity index (χ2n) is 7.93. The Morgan fingerprint density at radius 2 is 2.00 bits per heavy atom. The Labute approximate surface area is 162 Å². The molecule has 1 fully saturated rings. The SMILES string of the molecule is CCn1c2cc(C)sc2c2cnn(CC(=O)N3CC(C)CC(C)C3)c(=O)c21. The molecule has 0 saturated carbocycles.